The fourth-order valence-electron chi connectivity index (χ4n) is 3.67. The molecule has 0 aliphatic carbocycles. The third-order valence-corrected chi connectivity index (χ3v) is 5.46. The summed E-state index contributed by atoms with van der Waals surface area (Å²) in [6, 6.07) is 18.5. The summed E-state index contributed by atoms with van der Waals surface area (Å²) < 4.78 is 16.5. The van der Waals surface area contributed by atoms with Gasteiger partial charge in [0.15, 0.2) is 5.69 Å². The molecule has 7 heteroatoms. The van der Waals surface area contributed by atoms with Crippen LogP contribution in [-0.2, 0) is 11.2 Å². The largest absolute Gasteiger partial charge is 0.493 e. The molecule has 4 aromatic rings. The van der Waals surface area contributed by atoms with Gasteiger partial charge in [-0.2, -0.15) is 0 Å². The minimum Gasteiger partial charge on any atom is -0.493 e. The van der Waals surface area contributed by atoms with E-state index in [0.717, 1.165) is 35.5 Å². The monoisotopic (exact) mass is 459 g/mol. The molecular formula is C27H25NO6. The van der Waals surface area contributed by atoms with Crippen LogP contribution in [0.5, 0.6) is 5.75 Å². The summed E-state index contributed by atoms with van der Waals surface area (Å²) in [5, 5.41) is 12.7. The third kappa shape index (κ3) is 5.81. The van der Waals surface area contributed by atoms with Gasteiger partial charge in [-0.25, -0.2) is 0 Å². The Hall–Kier alpha value is -4.13. The molecule has 2 aromatic carbocycles. The first-order chi connectivity index (χ1) is 16.6. The molecule has 7 nitrogen and oxygen atoms in total. The van der Waals surface area contributed by atoms with Crippen LogP contribution in [0.3, 0.4) is 0 Å². The molecule has 174 valence electrons. The number of carbonyl (C=O) groups is 2. The van der Waals surface area contributed by atoms with Crippen molar-refractivity contribution in [3.8, 4) is 17.1 Å². The van der Waals surface area contributed by atoms with Crippen LogP contribution in [0.2, 0.25) is 0 Å². The highest BCUT2D eigenvalue weighted by Gasteiger charge is 2.20. The molecule has 34 heavy (non-hydrogen) atoms. The second kappa shape index (κ2) is 11.1. The fourth-order valence-corrected chi connectivity index (χ4v) is 3.67. The van der Waals surface area contributed by atoms with Crippen LogP contribution in [-0.4, -0.2) is 28.6 Å². The van der Waals surface area contributed by atoms with Crippen molar-refractivity contribution < 1.29 is 28.4 Å². The van der Waals surface area contributed by atoms with Crippen LogP contribution in [0.4, 0.5) is 0 Å². The standard InChI is InChI=1S/C27H25NO6/c29-25(30)10-2-1-5-15-32-24-8-4-3-7-21(24)17-22-18-34-28-26(22)27(31)20-13-11-19(12-14-20)23-9-6-16-33-23/h3-4,6-9,11-14,16,18H,1-2,5,10,15,17H2,(H,29,30). The predicted octanol–water partition coefficient (Wildman–Crippen LogP) is 5.78. The summed E-state index contributed by atoms with van der Waals surface area (Å²) in [5.41, 5.74) is 3.26. The second-order valence-corrected chi connectivity index (χ2v) is 7.91. The lowest BCUT2D eigenvalue weighted by Crippen LogP contribution is -2.06. The van der Waals surface area contributed by atoms with Gasteiger partial charge in [0.05, 0.1) is 12.9 Å². The van der Waals surface area contributed by atoms with E-state index in [0.29, 0.717) is 30.6 Å². The van der Waals surface area contributed by atoms with Gasteiger partial charge in [0.1, 0.15) is 17.8 Å². The number of ether oxygens (including phenoxy) is 1. The Balaban J connectivity index is 1.41. The van der Waals surface area contributed by atoms with Gasteiger partial charge in [-0.05, 0) is 43.0 Å². The minimum atomic E-state index is -0.779. The molecule has 1 N–H and O–H groups in total. The number of para-hydroxylation sites is 1. The Morgan fingerprint density at radius 2 is 1.74 bits per heavy atom. The number of benzene rings is 2. The van der Waals surface area contributed by atoms with Crippen LogP contribution in [0.25, 0.3) is 11.3 Å². The van der Waals surface area contributed by atoms with Crippen LogP contribution >= 0.6 is 0 Å². The quantitative estimate of drug-likeness (QED) is 0.212. The summed E-state index contributed by atoms with van der Waals surface area (Å²) in [4.78, 5) is 23.7. The second-order valence-electron chi connectivity index (χ2n) is 7.91. The summed E-state index contributed by atoms with van der Waals surface area (Å²) >= 11 is 0. The molecule has 0 bridgehead atoms. The Bertz CT molecular complexity index is 1220. The predicted molar refractivity (Wildman–Crippen MR) is 125 cm³/mol. The molecule has 0 saturated carbocycles. The maximum atomic E-state index is 13.1. The number of nitrogens with zero attached hydrogens (tertiary/aromatic N) is 1. The highest BCUT2D eigenvalue weighted by atomic mass is 16.5. The van der Waals surface area contributed by atoms with Crippen molar-refractivity contribution in [3.63, 3.8) is 0 Å². The van der Waals surface area contributed by atoms with Gasteiger partial charge in [-0.1, -0.05) is 47.6 Å². The zero-order valence-corrected chi connectivity index (χ0v) is 18.6. The number of carboxylic acid groups (broad SMARTS) is 1. The number of rotatable bonds is 12. The van der Waals surface area contributed by atoms with Crippen LogP contribution in [0, 0.1) is 0 Å². The molecule has 0 radical (unpaired) electrons. The van der Waals surface area contributed by atoms with Gasteiger partial charge in [0, 0.05) is 29.5 Å². The number of carboxylic acids is 1. The molecule has 0 amide bonds. The number of aliphatic carboxylic acids is 1. The molecule has 2 aromatic heterocycles. The maximum absolute atomic E-state index is 13.1. The van der Waals surface area contributed by atoms with Crippen LogP contribution in [0.15, 0.2) is 82.1 Å². The first kappa shape index (κ1) is 23.0. The minimum absolute atomic E-state index is 0.173. The molecular weight excluding hydrogens is 434 g/mol. The smallest absolute Gasteiger partial charge is 0.303 e. The zero-order chi connectivity index (χ0) is 23.8. The molecule has 0 unspecified atom stereocenters. The molecule has 0 spiro atoms. The number of carbonyl (C=O) groups excluding carboxylic acids is 1. The van der Waals surface area contributed by atoms with E-state index < -0.39 is 5.97 Å². The summed E-state index contributed by atoms with van der Waals surface area (Å²) in [7, 11) is 0. The van der Waals surface area contributed by atoms with Crippen molar-refractivity contribution in [1.82, 2.24) is 5.16 Å². The lowest BCUT2D eigenvalue weighted by atomic mass is 9.99. The van der Waals surface area contributed by atoms with Gasteiger partial charge >= 0.3 is 5.97 Å². The molecule has 0 aliphatic heterocycles. The number of hydrogen-bond donors (Lipinski definition) is 1. The van der Waals surface area contributed by atoms with E-state index >= 15 is 0 Å². The van der Waals surface area contributed by atoms with Crippen LogP contribution in [0.1, 0.15) is 52.9 Å². The molecule has 0 atom stereocenters. The molecule has 0 aliphatic rings. The summed E-state index contributed by atoms with van der Waals surface area (Å²) in [6.07, 6.45) is 5.90. The number of unbranched alkanes of at least 4 members (excludes halogenated alkanes) is 2. The molecule has 4 rings (SSSR count). The third-order valence-electron chi connectivity index (χ3n) is 5.46. The van der Waals surface area contributed by atoms with Crippen molar-refractivity contribution in [2.75, 3.05) is 6.61 Å². The highest BCUT2D eigenvalue weighted by Crippen LogP contribution is 2.25. The van der Waals surface area contributed by atoms with E-state index in [9.17, 15) is 9.59 Å². The summed E-state index contributed by atoms with van der Waals surface area (Å²) in [6.45, 7) is 0.494. The van der Waals surface area contributed by atoms with E-state index in [4.69, 9.17) is 18.8 Å². The van der Waals surface area contributed by atoms with Gasteiger partial charge < -0.3 is 18.8 Å². The number of hydrogen-bond acceptors (Lipinski definition) is 6. The number of aromatic nitrogens is 1. The summed E-state index contributed by atoms with van der Waals surface area (Å²) in [5.74, 6) is 0.466. The molecule has 0 fully saturated rings. The molecule has 0 saturated heterocycles. The van der Waals surface area contributed by atoms with Crippen molar-refractivity contribution in [1.29, 1.82) is 0 Å². The average Bonchev–Trinajstić information content (AvgIpc) is 3.54. The van der Waals surface area contributed by atoms with Crippen molar-refractivity contribution in [2.24, 2.45) is 0 Å². The van der Waals surface area contributed by atoms with Gasteiger partial charge in [0.2, 0.25) is 5.78 Å². The van der Waals surface area contributed by atoms with E-state index in [2.05, 4.69) is 5.16 Å². The number of ketones is 1. The van der Waals surface area contributed by atoms with E-state index in [-0.39, 0.29) is 17.9 Å². The van der Waals surface area contributed by atoms with Crippen molar-refractivity contribution in [2.45, 2.75) is 32.1 Å². The maximum Gasteiger partial charge on any atom is 0.303 e. The topological polar surface area (TPSA) is 103 Å². The van der Waals surface area contributed by atoms with E-state index in [1.165, 1.54) is 6.26 Å². The normalized spacial score (nSPS) is 10.8. The Labute approximate surface area is 197 Å². The zero-order valence-electron chi connectivity index (χ0n) is 18.6. The first-order valence-electron chi connectivity index (χ1n) is 11.2. The Kier molecular flexibility index (Phi) is 7.55. The fraction of sp³-hybridized carbons (Fsp3) is 0.222. The SMILES string of the molecule is O=C(O)CCCCCOc1ccccc1Cc1conc1C(=O)c1ccc(-c2ccco2)cc1. The van der Waals surface area contributed by atoms with Crippen molar-refractivity contribution in [3.05, 3.63) is 95.6 Å². The van der Waals surface area contributed by atoms with Crippen molar-refractivity contribution >= 4 is 11.8 Å². The van der Waals surface area contributed by atoms with Gasteiger partial charge in [-0.15, -0.1) is 0 Å². The van der Waals surface area contributed by atoms with Gasteiger partial charge in [0.25, 0.3) is 0 Å². The lowest BCUT2D eigenvalue weighted by Gasteiger charge is -2.11. The van der Waals surface area contributed by atoms with Crippen LogP contribution < -0.4 is 4.74 Å². The Morgan fingerprint density at radius 3 is 2.50 bits per heavy atom. The Morgan fingerprint density at radius 1 is 0.912 bits per heavy atom. The average molecular weight is 459 g/mol. The number of furan rings is 1. The lowest BCUT2D eigenvalue weighted by molar-refractivity contribution is -0.137. The first-order valence-corrected chi connectivity index (χ1v) is 11.2. The highest BCUT2D eigenvalue weighted by molar-refractivity contribution is 6.08. The van der Waals surface area contributed by atoms with E-state index in [1.54, 1.807) is 18.4 Å². The van der Waals surface area contributed by atoms with Gasteiger partial charge in [-0.3, -0.25) is 9.59 Å². The molecule has 2 heterocycles. The van der Waals surface area contributed by atoms with E-state index in [1.807, 2.05) is 48.5 Å².